The number of likely N-dealkylation sites (N-methyl/N-ethyl adjacent to an activating group) is 1. The van der Waals surface area contributed by atoms with E-state index in [0.717, 1.165) is 0 Å². The maximum absolute atomic E-state index is 13.5. The van der Waals surface area contributed by atoms with E-state index >= 15 is 0 Å². The Morgan fingerprint density at radius 1 is 1.26 bits per heavy atom. The van der Waals surface area contributed by atoms with E-state index in [2.05, 4.69) is 0 Å². The molecule has 34 heavy (non-hydrogen) atoms. The first-order valence-electron chi connectivity index (χ1n) is 11.1. The maximum atomic E-state index is 13.5. The number of hydrogen-bond donors (Lipinski definition) is 5. The molecule has 0 radical (unpaired) electrons. The van der Waals surface area contributed by atoms with Crippen molar-refractivity contribution >= 4 is 17.5 Å². The molecule has 182 valence electrons. The van der Waals surface area contributed by atoms with Crippen LogP contribution in [0.5, 0.6) is 11.5 Å². The van der Waals surface area contributed by atoms with E-state index in [4.69, 9.17) is 10.5 Å². The summed E-state index contributed by atoms with van der Waals surface area (Å²) in [5.74, 6) is -6.29. The summed E-state index contributed by atoms with van der Waals surface area (Å²) in [4.78, 5) is 40.5. The van der Waals surface area contributed by atoms with Crippen molar-refractivity contribution in [2.24, 2.45) is 17.6 Å². The first-order chi connectivity index (χ1) is 16.0. The van der Waals surface area contributed by atoms with Crippen LogP contribution in [0.3, 0.4) is 0 Å². The first kappa shape index (κ1) is 23.8. The number of nitrogens with zero attached hydrogens (tertiary/aromatic N) is 1. The van der Waals surface area contributed by atoms with Crippen LogP contribution in [0.25, 0.3) is 0 Å². The van der Waals surface area contributed by atoms with Gasteiger partial charge in [0.25, 0.3) is 5.91 Å². The molecule has 0 spiro atoms. The molecule has 0 bridgehead atoms. The fraction of sp³-hybridized carbons (Fsp3) is 0.458. The monoisotopic (exact) mass is 472 g/mol. The van der Waals surface area contributed by atoms with Gasteiger partial charge in [0.1, 0.15) is 28.6 Å². The number of benzene rings is 1. The van der Waals surface area contributed by atoms with Crippen molar-refractivity contribution < 1.29 is 39.5 Å². The lowest BCUT2D eigenvalue weighted by Crippen LogP contribution is -2.64. The second-order valence-electron chi connectivity index (χ2n) is 9.12. The molecule has 1 aromatic carbocycles. The molecule has 0 saturated heterocycles. The summed E-state index contributed by atoms with van der Waals surface area (Å²) in [6, 6.07) is 1.82. The summed E-state index contributed by atoms with van der Waals surface area (Å²) >= 11 is 0. The van der Waals surface area contributed by atoms with E-state index in [1.807, 2.05) is 6.92 Å². The molecule has 1 aromatic rings. The highest BCUT2D eigenvalue weighted by atomic mass is 16.5. The topological polar surface area (TPSA) is 171 Å². The number of ether oxygens (including phenoxy) is 1. The van der Waals surface area contributed by atoms with Gasteiger partial charge in [0.05, 0.1) is 18.7 Å². The molecule has 0 heterocycles. The molecule has 0 fully saturated rings. The van der Waals surface area contributed by atoms with Gasteiger partial charge in [0, 0.05) is 17.1 Å². The van der Waals surface area contributed by atoms with Gasteiger partial charge in [-0.2, -0.15) is 0 Å². The first-order valence-corrected chi connectivity index (χ1v) is 11.1. The fourth-order valence-corrected chi connectivity index (χ4v) is 5.82. The second kappa shape index (κ2) is 8.14. The van der Waals surface area contributed by atoms with Crippen LogP contribution in [0.15, 0.2) is 34.8 Å². The van der Waals surface area contributed by atoms with Crippen LogP contribution >= 0.6 is 0 Å². The van der Waals surface area contributed by atoms with Gasteiger partial charge in [-0.25, -0.2) is 0 Å². The van der Waals surface area contributed by atoms with E-state index in [0.29, 0.717) is 24.3 Å². The van der Waals surface area contributed by atoms with E-state index in [1.165, 1.54) is 19.2 Å². The molecule has 1 amide bonds. The fourth-order valence-electron chi connectivity index (χ4n) is 5.82. The molecule has 0 unspecified atom stereocenters. The number of primary amides is 1. The smallest absolute Gasteiger partial charge is 0.255 e. The Balaban J connectivity index is 1.96. The predicted molar refractivity (Wildman–Crippen MR) is 119 cm³/mol. The van der Waals surface area contributed by atoms with Crippen LogP contribution in [0, 0.1) is 11.8 Å². The number of amides is 1. The largest absolute Gasteiger partial charge is 0.510 e. The van der Waals surface area contributed by atoms with Gasteiger partial charge in [-0.1, -0.05) is 6.92 Å². The standard InChI is InChI=1S/C24H28N2O8/c1-4-7-26(2)18-12-9-10-8-11-14(34-3)6-5-13(27)16(11)19(28)15(10)21(30)24(12,33)22(31)17(20(18)29)23(25)32/h5-6,10,12,18,27,29-30,33H,4,7-9H2,1-3H3,(H2,25,32)/t10-,12-,18-,24-/m0/s1. The molecule has 0 saturated carbocycles. The number of ketones is 2. The van der Waals surface area contributed by atoms with Crippen molar-refractivity contribution in [2.45, 2.75) is 37.8 Å². The van der Waals surface area contributed by atoms with Crippen LogP contribution in [0.4, 0.5) is 0 Å². The zero-order valence-corrected chi connectivity index (χ0v) is 19.2. The Bertz CT molecular complexity index is 1170. The zero-order valence-electron chi connectivity index (χ0n) is 19.2. The van der Waals surface area contributed by atoms with Gasteiger partial charge in [-0.05, 0) is 50.9 Å². The molecule has 4 atom stereocenters. The maximum Gasteiger partial charge on any atom is 0.255 e. The molecule has 3 aliphatic rings. The summed E-state index contributed by atoms with van der Waals surface area (Å²) in [5.41, 5.74) is 2.10. The van der Waals surface area contributed by atoms with Crippen molar-refractivity contribution in [2.75, 3.05) is 20.7 Å². The average Bonchev–Trinajstić information content (AvgIpc) is 2.76. The molecule has 10 heteroatoms. The van der Waals surface area contributed by atoms with Crippen molar-refractivity contribution in [3.05, 3.63) is 45.9 Å². The summed E-state index contributed by atoms with van der Waals surface area (Å²) in [7, 11) is 3.10. The number of rotatable bonds is 5. The quantitative estimate of drug-likeness (QED) is 0.391. The minimum Gasteiger partial charge on any atom is -0.510 e. The predicted octanol–water partition coefficient (Wildman–Crippen LogP) is 0.909. The lowest BCUT2D eigenvalue weighted by Gasteiger charge is -2.50. The van der Waals surface area contributed by atoms with Crippen molar-refractivity contribution in [1.82, 2.24) is 4.90 Å². The summed E-state index contributed by atoms with van der Waals surface area (Å²) in [5, 5.41) is 44.2. The number of aromatic hydroxyl groups is 1. The molecule has 4 rings (SSSR count). The van der Waals surface area contributed by atoms with Crippen molar-refractivity contribution in [3.63, 3.8) is 0 Å². The third kappa shape index (κ3) is 3.05. The van der Waals surface area contributed by atoms with Gasteiger partial charge in [-0.3, -0.25) is 19.3 Å². The number of aliphatic hydroxyl groups excluding tert-OH is 2. The number of fused-ring (bicyclic) bond motifs is 3. The Morgan fingerprint density at radius 2 is 1.94 bits per heavy atom. The average molecular weight is 472 g/mol. The number of nitrogens with two attached hydrogens (primary N) is 1. The van der Waals surface area contributed by atoms with Crippen molar-refractivity contribution in [1.29, 1.82) is 0 Å². The highest BCUT2D eigenvalue weighted by Crippen LogP contribution is 2.53. The van der Waals surface area contributed by atoms with Crippen molar-refractivity contribution in [3.8, 4) is 11.5 Å². The molecular weight excluding hydrogens is 444 g/mol. The van der Waals surface area contributed by atoms with Gasteiger partial charge in [0.15, 0.2) is 11.4 Å². The molecule has 3 aliphatic carbocycles. The van der Waals surface area contributed by atoms with E-state index in [1.54, 1.807) is 11.9 Å². The molecule has 0 aromatic heterocycles. The number of Topliss-reactive ketones (excluding diaryl/α,β-unsaturated/α-hetero) is 2. The highest BCUT2D eigenvalue weighted by Gasteiger charge is 2.63. The van der Waals surface area contributed by atoms with Gasteiger partial charge in [-0.15, -0.1) is 0 Å². The Labute approximate surface area is 195 Å². The Kier molecular flexibility index (Phi) is 5.69. The van der Waals surface area contributed by atoms with Gasteiger partial charge >= 0.3 is 0 Å². The lowest BCUT2D eigenvalue weighted by atomic mass is 9.58. The number of phenolic OH excluding ortho intramolecular Hbond substituents is 1. The number of hydrogen-bond acceptors (Lipinski definition) is 9. The second-order valence-corrected chi connectivity index (χ2v) is 9.12. The Hall–Kier alpha value is -3.37. The molecular formula is C24H28N2O8. The van der Waals surface area contributed by atoms with Gasteiger partial charge in [0.2, 0.25) is 5.78 Å². The number of phenols is 1. The normalized spacial score (nSPS) is 28.6. The van der Waals surface area contributed by atoms with E-state index < -0.39 is 58.0 Å². The van der Waals surface area contributed by atoms with E-state index in [9.17, 15) is 34.8 Å². The lowest BCUT2D eigenvalue weighted by molar-refractivity contribution is -0.149. The number of allylic oxidation sites excluding steroid dienone is 1. The SMILES string of the molecule is CCCN(C)[C@@H]1C(O)=C(C(N)=O)C(=O)[C@@]2(O)C(O)=C3C(=O)c4c(O)ccc(OC)c4C[C@H]3C[C@@H]12. The number of aliphatic hydroxyl groups is 3. The molecule has 6 N–H and O–H groups in total. The third-order valence-corrected chi connectivity index (χ3v) is 7.28. The van der Waals surface area contributed by atoms with Crippen LogP contribution in [0.1, 0.15) is 35.7 Å². The van der Waals surface area contributed by atoms with E-state index in [-0.39, 0.29) is 29.7 Å². The zero-order chi connectivity index (χ0) is 25.1. The highest BCUT2D eigenvalue weighted by molar-refractivity contribution is 6.24. The van der Waals surface area contributed by atoms with Gasteiger partial charge < -0.3 is 30.9 Å². The number of methoxy groups -OCH3 is 1. The van der Waals surface area contributed by atoms with Crippen LogP contribution < -0.4 is 10.5 Å². The Morgan fingerprint density at radius 3 is 2.53 bits per heavy atom. The third-order valence-electron chi connectivity index (χ3n) is 7.28. The molecule has 0 aliphatic heterocycles. The van der Waals surface area contributed by atoms with Crippen LogP contribution in [-0.2, 0) is 16.0 Å². The number of carbonyl (C=O) groups is 3. The number of carbonyl (C=O) groups excluding carboxylic acids is 3. The van der Waals surface area contributed by atoms with Crippen LogP contribution in [-0.4, -0.2) is 75.1 Å². The minimum atomic E-state index is -2.64. The summed E-state index contributed by atoms with van der Waals surface area (Å²) in [6.45, 7) is 2.35. The molecule has 10 nitrogen and oxygen atoms in total. The summed E-state index contributed by atoms with van der Waals surface area (Å²) in [6.07, 6.45) is 0.904. The van der Waals surface area contributed by atoms with Crippen LogP contribution in [0.2, 0.25) is 0 Å². The summed E-state index contributed by atoms with van der Waals surface area (Å²) < 4.78 is 5.36. The minimum absolute atomic E-state index is 0.0421.